The molecule has 5 heteroatoms. The second kappa shape index (κ2) is 6.98. The van der Waals surface area contributed by atoms with Crippen molar-refractivity contribution in [3.8, 4) is 0 Å². The molecule has 1 spiro atoms. The third kappa shape index (κ3) is 4.00. The third-order valence-electron chi connectivity index (χ3n) is 6.28. The molecule has 5 nitrogen and oxygen atoms in total. The van der Waals surface area contributed by atoms with E-state index in [4.69, 9.17) is 4.74 Å². The first-order chi connectivity index (χ1) is 11.0. The predicted molar refractivity (Wildman–Crippen MR) is 89.3 cm³/mol. The van der Waals surface area contributed by atoms with Crippen molar-refractivity contribution in [2.45, 2.75) is 88.9 Å². The van der Waals surface area contributed by atoms with Crippen molar-refractivity contribution < 1.29 is 14.6 Å². The normalized spacial score (nSPS) is 36.8. The van der Waals surface area contributed by atoms with Crippen LogP contribution >= 0.6 is 0 Å². The molecule has 23 heavy (non-hydrogen) atoms. The van der Waals surface area contributed by atoms with Gasteiger partial charge in [-0.1, -0.05) is 32.6 Å². The fourth-order valence-corrected chi connectivity index (χ4v) is 4.63. The third-order valence-corrected chi connectivity index (χ3v) is 6.28. The van der Waals surface area contributed by atoms with Crippen molar-refractivity contribution in [1.82, 2.24) is 10.6 Å². The van der Waals surface area contributed by atoms with Gasteiger partial charge in [0, 0.05) is 24.6 Å². The summed E-state index contributed by atoms with van der Waals surface area (Å²) in [6, 6.07) is 0.120. The zero-order valence-electron chi connectivity index (χ0n) is 14.4. The van der Waals surface area contributed by atoms with E-state index in [-0.39, 0.29) is 29.2 Å². The highest BCUT2D eigenvalue weighted by molar-refractivity contribution is 5.74. The predicted octanol–water partition coefficient (Wildman–Crippen LogP) is 2.72. The minimum atomic E-state index is -0.304. The van der Waals surface area contributed by atoms with E-state index in [9.17, 15) is 9.90 Å². The Morgan fingerprint density at radius 3 is 2.65 bits per heavy atom. The van der Waals surface area contributed by atoms with E-state index in [1.54, 1.807) is 0 Å². The summed E-state index contributed by atoms with van der Waals surface area (Å²) < 4.78 is 6.02. The molecule has 0 bridgehead atoms. The fraction of sp³-hybridized carbons (Fsp3) is 0.944. The number of urea groups is 1. The maximum atomic E-state index is 12.3. The summed E-state index contributed by atoms with van der Waals surface area (Å²) >= 11 is 0. The molecule has 0 radical (unpaired) electrons. The zero-order chi connectivity index (χ0) is 16.3. The van der Waals surface area contributed by atoms with Gasteiger partial charge < -0.3 is 20.5 Å². The average Bonchev–Trinajstić information content (AvgIpc) is 2.96. The zero-order valence-corrected chi connectivity index (χ0v) is 14.4. The Morgan fingerprint density at radius 2 is 1.91 bits per heavy atom. The first-order valence-corrected chi connectivity index (χ1v) is 9.38. The summed E-state index contributed by atoms with van der Waals surface area (Å²) in [5, 5.41) is 16.3. The van der Waals surface area contributed by atoms with E-state index in [1.807, 2.05) is 0 Å². The lowest BCUT2D eigenvalue weighted by molar-refractivity contribution is -0.0820. The highest BCUT2D eigenvalue weighted by Gasteiger charge is 2.40. The van der Waals surface area contributed by atoms with Crippen LogP contribution in [0, 0.1) is 5.41 Å². The van der Waals surface area contributed by atoms with Crippen LogP contribution in [0.15, 0.2) is 0 Å². The van der Waals surface area contributed by atoms with E-state index in [2.05, 4.69) is 17.6 Å². The van der Waals surface area contributed by atoms with E-state index in [1.165, 1.54) is 12.8 Å². The monoisotopic (exact) mass is 324 g/mol. The molecule has 2 saturated carbocycles. The van der Waals surface area contributed by atoms with Crippen LogP contribution in [0.2, 0.25) is 0 Å². The number of nitrogens with one attached hydrogen (secondary N) is 2. The van der Waals surface area contributed by atoms with E-state index in [0.717, 1.165) is 58.0 Å². The fourth-order valence-electron chi connectivity index (χ4n) is 4.63. The quantitative estimate of drug-likeness (QED) is 0.747. The number of carbonyl (C=O) groups is 1. The Labute approximate surface area is 139 Å². The largest absolute Gasteiger partial charge is 0.392 e. The second-order valence-electron chi connectivity index (χ2n) is 8.17. The molecule has 3 N–H and O–H groups in total. The molecular weight excluding hydrogens is 292 g/mol. The van der Waals surface area contributed by atoms with Crippen LogP contribution in [0.1, 0.15) is 71.1 Å². The van der Waals surface area contributed by atoms with Crippen LogP contribution in [0.25, 0.3) is 0 Å². The smallest absolute Gasteiger partial charge is 0.315 e. The van der Waals surface area contributed by atoms with Gasteiger partial charge in [0.25, 0.3) is 0 Å². The van der Waals surface area contributed by atoms with Gasteiger partial charge in [-0.25, -0.2) is 4.79 Å². The molecular formula is C18H32N2O3. The number of carbonyl (C=O) groups excluding carboxylic acids is 1. The Bertz CT molecular complexity index is 422. The summed E-state index contributed by atoms with van der Waals surface area (Å²) in [6.45, 7) is 3.38. The van der Waals surface area contributed by atoms with Crippen LogP contribution in [-0.2, 0) is 4.74 Å². The molecule has 3 rings (SSSR count). The molecule has 0 aromatic rings. The van der Waals surface area contributed by atoms with Gasteiger partial charge >= 0.3 is 6.03 Å². The summed E-state index contributed by atoms with van der Waals surface area (Å²) in [4.78, 5) is 12.3. The maximum absolute atomic E-state index is 12.3. The minimum absolute atomic E-state index is 0.0295. The topological polar surface area (TPSA) is 70.6 Å². The molecule has 1 saturated heterocycles. The van der Waals surface area contributed by atoms with Gasteiger partial charge in [-0.15, -0.1) is 0 Å². The van der Waals surface area contributed by atoms with E-state index in [0.29, 0.717) is 6.54 Å². The van der Waals surface area contributed by atoms with Crippen molar-refractivity contribution in [3.05, 3.63) is 0 Å². The lowest BCUT2D eigenvalue weighted by Crippen LogP contribution is -2.52. The van der Waals surface area contributed by atoms with Gasteiger partial charge in [0.15, 0.2) is 0 Å². The SMILES string of the molecule is CC1(CNC(=O)NC2CCOC3(CCCC3)C2)CCCCC1O. The molecule has 1 aliphatic heterocycles. The average molecular weight is 324 g/mol. The van der Waals surface area contributed by atoms with Gasteiger partial charge in [-0.3, -0.25) is 0 Å². The molecule has 0 aromatic carbocycles. The Balaban J connectivity index is 1.45. The van der Waals surface area contributed by atoms with E-state index >= 15 is 0 Å². The van der Waals surface area contributed by atoms with Crippen LogP contribution in [0.5, 0.6) is 0 Å². The van der Waals surface area contributed by atoms with Crippen LogP contribution in [0.4, 0.5) is 4.79 Å². The van der Waals surface area contributed by atoms with Crippen LogP contribution in [0.3, 0.4) is 0 Å². The molecule has 3 atom stereocenters. The first-order valence-electron chi connectivity index (χ1n) is 9.38. The Kier molecular flexibility index (Phi) is 5.16. The number of amides is 2. The molecule has 3 fully saturated rings. The number of hydrogen-bond donors (Lipinski definition) is 3. The summed E-state index contributed by atoms with van der Waals surface area (Å²) in [7, 11) is 0. The number of aliphatic hydroxyl groups is 1. The summed E-state index contributed by atoms with van der Waals surface area (Å²) in [6.07, 6.45) is 10.4. The van der Waals surface area contributed by atoms with E-state index < -0.39 is 0 Å². The Morgan fingerprint density at radius 1 is 1.17 bits per heavy atom. The van der Waals surface area contributed by atoms with Crippen LogP contribution in [-0.4, -0.2) is 42.0 Å². The first kappa shape index (κ1) is 17.0. The van der Waals surface area contributed by atoms with Gasteiger partial charge in [0.05, 0.1) is 11.7 Å². The van der Waals surface area contributed by atoms with Gasteiger partial charge in [0.1, 0.15) is 0 Å². The number of ether oxygens (including phenoxy) is 1. The number of aliphatic hydroxyl groups excluding tert-OH is 1. The van der Waals surface area contributed by atoms with Crippen molar-refractivity contribution in [2.75, 3.05) is 13.2 Å². The highest BCUT2D eigenvalue weighted by Crippen LogP contribution is 2.40. The second-order valence-corrected chi connectivity index (χ2v) is 8.17. The van der Waals surface area contributed by atoms with Crippen LogP contribution < -0.4 is 10.6 Å². The summed E-state index contributed by atoms with van der Waals surface area (Å²) in [5.41, 5.74) is -0.153. The minimum Gasteiger partial charge on any atom is -0.392 e. The molecule has 3 unspecified atom stereocenters. The molecule has 132 valence electrons. The summed E-state index contributed by atoms with van der Waals surface area (Å²) in [5.74, 6) is 0. The lowest BCUT2D eigenvalue weighted by Gasteiger charge is -2.40. The van der Waals surface area contributed by atoms with Crippen molar-refractivity contribution in [1.29, 1.82) is 0 Å². The number of hydrogen-bond acceptors (Lipinski definition) is 3. The molecule has 3 aliphatic rings. The highest BCUT2D eigenvalue weighted by atomic mass is 16.5. The maximum Gasteiger partial charge on any atom is 0.315 e. The molecule has 1 heterocycles. The van der Waals surface area contributed by atoms with Crippen molar-refractivity contribution in [3.63, 3.8) is 0 Å². The van der Waals surface area contributed by atoms with Gasteiger partial charge in [-0.05, 0) is 38.5 Å². The Hall–Kier alpha value is -0.810. The molecule has 2 amide bonds. The molecule has 0 aromatic heterocycles. The molecule has 2 aliphatic carbocycles. The standard InChI is InChI=1S/C18H32N2O3/c1-17(8-3-2-6-15(17)21)13-19-16(22)20-14-7-11-23-18(12-14)9-4-5-10-18/h14-15,21H,2-13H2,1H3,(H2,19,20,22). The lowest BCUT2D eigenvalue weighted by atomic mass is 9.73. The van der Waals surface area contributed by atoms with Crippen molar-refractivity contribution in [2.24, 2.45) is 5.41 Å². The van der Waals surface area contributed by atoms with Crippen molar-refractivity contribution >= 4 is 6.03 Å². The van der Waals surface area contributed by atoms with Gasteiger partial charge in [0.2, 0.25) is 0 Å². The number of rotatable bonds is 3. The van der Waals surface area contributed by atoms with Gasteiger partial charge in [-0.2, -0.15) is 0 Å².